The maximum atomic E-state index is 8.79. The highest BCUT2D eigenvalue weighted by Gasteiger charge is 2.16. The monoisotopic (exact) mass is 214 g/mol. The summed E-state index contributed by atoms with van der Waals surface area (Å²) in [6, 6.07) is 1.31. The molecule has 0 spiro atoms. The number of nitrogens with one attached hydrogen (secondary N) is 2. The molecular formula is C12H26N2O. The van der Waals surface area contributed by atoms with Crippen molar-refractivity contribution in [1.29, 1.82) is 0 Å². The van der Waals surface area contributed by atoms with Gasteiger partial charge in [-0.05, 0) is 51.6 Å². The molecule has 1 rings (SSSR count). The smallest absolute Gasteiger partial charge is 0.0434 e. The second-order valence-corrected chi connectivity index (χ2v) is 4.96. The van der Waals surface area contributed by atoms with Crippen molar-refractivity contribution in [1.82, 2.24) is 10.6 Å². The second kappa shape index (κ2) is 7.20. The Balaban J connectivity index is 2.04. The average molecular weight is 214 g/mol. The van der Waals surface area contributed by atoms with E-state index in [9.17, 15) is 0 Å². The minimum absolute atomic E-state index is 0.307. The zero-order valence-electron chi connectivity index (χ0n) is 10.1. The summed E-state index contributed by atoms with van der Waals surface area (Å²) in [7, 11) is 0. The van der Waals surface area contributed by atoms with E-state index in [4.69, 9.17) is 5.11 Å². The summed E-state index contributed by atoms with van der Waals surface area (Å²) >= 11 is 0. The van der Waals surface area contributed by atoms with E-state index in [2.05, 4.69) is 24.5 Å². The predicted molar refractivity (Wildman–Crippen MR) is 64.0 cm³/mol. The zero-order valence-corrected chi connectivity index (χ0v) is 10.1. The quantitative estimate of drug-likeness (QED) is 0.595. The molecule has 3 atom stereocenters. The fraction of sp³-hybridized carbons (Fsp3) is 1.00. The summed E-state index contributed by atoms with van der Waals surface area (Å²) in [4.78, 5) is 0. The van der Waals surface area contributed by atoms with E-state index in [1.54, 1.807) is 0 Å². The van der Waals surface area contributed by atoms with Crippen LogP contribution in [0.25, 0.3) is 0 Å². The van der Waals surface area contributed by atoms with Crippen LogP contribution in [0.5, 0.6) is 0 Å². The Labute approximate surface area is 93.6 Å². The number of aliphatic hydroxyl groups is 1. The lowest BCUT2D eigenvalue weighted by atomic mass is 10.0. The molecule has 90 valence electrons. The molecule has 3 unspecified atom stereocenters. The number of rotatable bonds is 7. The third kappa shape index (κ3) is 5.50. The fourth-order valence-corrected chi connectivity index (χ4v) is 2.19. The Morgan fingerprint density at radius 1 is 1.47 bits per heavy atom. The molecule has 15 heavy (non-hydrogen) atoms. The van der Waals surface area contributed by atoms with Crippen LogP contribution >= 0.6 is 0 Å². The molecule has 0 radical (unpaired) electrons. The van der Waals surface area contributed by atoms with Crippen molar-refractivity contribution in [3.05, 3.63) is 0 Å². The zero-order chi connectivity index (χ0) is 11.1. The Morgan fingerprint density at radius 2 is 2.27 bits per heavy atom. The van der Waals surface area contributed by atoms with Gasteiger partial charge in [-0.2, -0.15) is 0 Å². The molecule has 1 saturated heterocycles. The molecule has 1 fully saturated rings. The highest BCUT2D eigenvalue weighted by atomic mass is 16.3. The van der Waals surface area contributed by atoms with Gasteiger partial charge in [0.15, 0.2) is 0 Å². The molecule has 0 saturated carbocycles. The number of hydrogen-bond acceptors (Lipinski definition) is 3. The van der Waals surface area contributed by atoms with Crippen LogP contribution in [0, 0.1) is 5.92 Å². The van der Waals surface area contributed by atoms with E-state index >= 15 is 0 Å². The lowest BCUT2D eigenvalue weighted by molar-refractivity contribution is 0.257. The van der Waals surface area contributed by atoms with Crippen molar-refractivity contribution in [2.45, 2.75) is 51.6 Å². The van der Waals surface area contributed by atoms with Crippen molar-refractivity contribution in [2.24, 2.45) is 5.92 Å². The average Bonchev–Trinajstić information content (AvgIpc) is 2.68. The van der Waals surface area contributed by atoms with Crippen molar-refractivity contribution in [3.8, 4) is 0 Å². The first-order chi connectivity index (χ1) is 7.22. The topological polar surface area (TPSA) is 44.3 Å². The highest BCUT2D eigenvalue weighted by Crippen LogP contribution is 2.11. The normalized spacial score (nSPS) is 25.4. The van der Waals surface area contributed by atoms with Crippen LogP contribution in [0.1, 0.15) is 39.5 Å². The molecule has 0 aromatic heterocycles. The molecule has 0 amide bonds. The third-order valence-electron chi connectivity index (χ3n) is 3.24. The van der Waals surface area contributed by atoms with Gasteiger partial charge in [0, 0.05) is 18.7 Å². The minimum Gasteiger partial charge on any atom is -0.396 e. The first-order valence-corrected chi connectivity index (χ1v) is 6.30. The molecule has 0 aromatic rings. The summed E-state index contributed by atoms with van der Waals surface area (Å²) in [5.74, 6) is 0.578. The van der Waals surface area contributed by atoms with Gasteiger partial charge in [0.25, 0.3) is 0 Å². The molecule has 1 heterocycles. The second-order valence-electron chi connectivity index (χ2n) is 4.96. The first-order valence-electron chi connectivity index (χ1n) is 6.30. The predicted octanol–water partition coefficient (Wildman–Crippen LogP) is 1.13. The van der Waals surface area contributed by atoms with E-state index < -0.39 is 0 Å². The van der Waals surface area contributed by atoms with Crippen molar-refractivity contribution in [2.75, 3.05) is 19.7 Å². The maximum absolute atomic E-state index is 8.79. The molecule has 0 bridgehead atoms. The molecule has 1 aliphatic rings. The summed E-state index contributed by atoms with van der Waals surface area (Å²) in [5.41, 5.74) is 0. The summed E-state index contributed by atoms with van der Waals surface area (Å²) in [5, 5.41) is 15.9. The van der Waals surface area contributed by atoms with Gasteiger partial charge in [-0.3, -0.25) is 0 Å². The van der Waals surface area contributed by atoms with Gasteiger partial charge in [0.1, 0.15) is 0 Å². The van der Waals surface area contributed by atoms with Crippen LogP contribution < -0.4 is 10.6 Å². The lowest BCUT2D eigenvalue weighted by Crippen LogP contribution is -2.36. The SMILES string of the molecule is CC(CCO)CNC(C)CC1CCCN1. The largest absolute Gasteiger partial charge is 0.396 e. The standard InChI is InChI=1S/C12H26N2O/c1-10(5-7-15)9-14-11(2)8-12-4-3-6-13-12/h10-15H,3-9H2,1-2H3. The van der Waals surface area contributed by atoms with E-state index in [1.165, 1.54) is 25.8 Å². The minimum atomic E-state index is 0.307. The van der Waals surface area contributed by atoms with Crippen LogP contribution in [0.15, 0.2) is 0 Å². The molecule has 0 aliphatic carbocycles. The van der Waals surface area contributed by atoms with Gasteiger partial charge in [-0.1, -0.05) is 6.92 Å². The highest BCUT2D eigenvalue weighted by molar-refractivity contribution is 4.78. The van der Waals surface area contributed by atoms with E-state index in [0.29, 0.717) is 18.6 Å². The molecular weight excluding hydrogens is 188 g/mol. The van der Waals surface area contributed by atoms with Crippen LogP contribution in [0.3, 0.4) is 0 Å². The van der Waals surface area contributed by atoms with Gasteiger partial charge >= 0.3 is 0 Å². The summed E-state index contributed by atoms with van der Waals surface area (Å²) < 4.78 is 0. The van der Waals surface area contributed by atoms with Crippen LogP contribution in [0.4, 0.5) is 0 Å². The van der Waals surface area contributed by atoms with Gasteiger partial charge in [-0.15, -0.1) is 0 Å². The van der Waals surface area contributed by atoms with Gasteiger partial charge in [-0.25, -0.2) is 0 Å². The first kappa shape index (κ1) is 12.9. The van der Waals surface area contributed by atoms with Gasteiger partial charge < -0.3 is 15.7 Å². The molecule has 3 heteroatoms. The molecule has 3 nitrogen and oxygen atoms in total. The Morgan fingerprint density at radius 3 is 2.87 bits per heavy atom. The third-order valence-corrected chi connectivity index (χ3v) is 3.24. The molecule has 0 aromatic carbocycles. The van der Waals surface area contributed by atoms with Crippen LogP contribution in [-0.2, 0) is 0 Å². The fourth-order valence-electron chi connectivity index (χ4n) is 2.19. The Bertz CT molecular complexity index is 158. The summed E-state index contributed by atoms with van der Waals surface area (Å²) in [6.07, 6.45) is 4.80. The Kier molecular flexibility index (Phi) is 6.22. The van der Waals surface area contributed by atoms with Crippen LogP contribution in [-0.4, -0.2) is 36.9 Å². The molecule has 3 N–H and O–H groups in total. The maximum Gasteiger partial charge on any atom is 0.0434 e. The van der Waals surface area contributed by atoms with Gasteiger partial charge in [0.2, 0.25) is 0 Å². The number of hydrogen-bond donors (Lipinski definition) is 3. The summed E-state index contributed by atoms with van der Waals surface area (Å²) in [6.45, 7) is 6.96. The van der Waals surface area contributed by atoms with E-state index in [-0.39, 0.29) is 0 Å². The van der Waals surface area contributed by atoms with Crippen molar-refractivity contribution < 1.29 is 5.11 Å². The Hall–Kier alpha value is -0.120. The number of aliphatic hydroxyl groups excluding tert-OH is 1. The van der Waals surface area contributed by atoms with Crippen molar-refractivity contribution >= 4 is 0 Å². The van der Waals surface area contributed by atoms with Crippen molar-refractivity contribution in [3.63, 3.8) is 0 Å². The molecule has 1 aliphatic heterocycles. The van der Waals surface area contributed by atoms with Crippen LogP contribution in [0.2, 0.25) is 0 Å². The van der Waals surface area contributed by atoms with E-state index in [0.717, 1.165) is 19.0 Å². The lowest BCUT2D eigenvalue weighted by Gasteiger charge is -2.20. The van der Waals surface area contributed by atoms with Gasteiger partial charge in [0.05, 0.1) is 0 Å². The van der Waals surface area contributed by atoms with E-state index in [1.807, 2.05) is 0 Å².